The van der Waals surface area contributed by atoms with Gasteiger partial charge in [0, 0.05) is 19.2 Å². The molecule has 1 unspecified atom stereocenters. The number of guanidine groups is 1. The van der Waals surface area contributed by atoms with Crippen molar-refractivity contribution in [2.24, 2.45) is 4.99 Å². The fourth-order valence-electron chi connectivity index (χ4n) is 2.23. The third kappa shape index (κ3) is 4.04. The lowest BCUT2D eigenvalue weighted by Gasteiger charge is -2.17. The summed E-state index contributed by atoms with van der Waals surface area (Å²) in [5.41, 5.74) is 0. The van der Waals surface area contributed by atoms with E-state index in [-0.39, 0.29) is 0 Å². The Morgan fingerprint density at radius 3 is 2.88 bits per heavy atom. The van der Waals surface area contributed by atoms with Gasteiger partial charge in [-0.2, -0.15) is 0 Å². The Balaban J connectivity index is 1.79. The number of nitrogens with zero attached hydrogens (tertiary/aromatic N) is 1. The van der Waals surface area contributed by atoms with Gasteiger partial charge in [0.25, 0.3) is 0 Å². The number of hydrogen-bond acceptors (Lipinski definition) is 2. The van der Waals surface area contributed by atoms with Crippen LogP contribution in [0.3, 0.4) is 0 Å². The van der Waals surface area contributed by atoms with E-state index in [0.29, 0.717) is 12.1 Å². The first-order valence-corrected chi connectivity index (χ1v) is 6.70. The second-order valence-electron chi connectivity index (χ2n) is 4.64. The molecule has 17 heavy (non-hydrogen) atoms. The summed E-state index contributed by atoms with van der Waals surface area (Å²) in [4.78, 5) is 4.60. The van der Waals surface area contributed by atoms with E-state index in [1.165, 1.54) is 6.42 Å². The van der Waals surface area contributed by atoms with Crippen molar-refractivity contribution in [3.8, 4) is 0 Å². The van der Waals surface area contributed by atoms with Crippen molar-refractivity contribution in [3.05, 3.63) is 12.2 Å². The number of rotatable bonds is 4. The lowest BCUT2D eigenvalue weighted by atomic mass is 10.2. The minimum absolute atomic E-state index is 0.326. The van der Waals surface area contributed by atoms with Crippen LogP contribution < -0.4 is 10.6 Å². The van der Waals surface area contributed by atoms with Gasteiger partial charge in [-0.05, 0) is 32.6 Å². The first kappa shape index (κ1) is 12.4. The molecule has 1 aliphatic heterocycles. The predicted molar refractivity (Wildman–Crippen MR) is 70.3 cm³/mol. The van der Waals surface area contributed by atoms with Crippen LogP contribution in [0.25, 0.3) is 0 Å². The van der Waals surface area contributed by atoms with Gasteiger partial charge in [-0.1, -0.05) is 12.2 Å². The third-order valence-electron chi connectivity index (χ3n) is 3.17. The summed E-state index contributed by atoms with van der Waals surface area (Å²) >= 11 is 0. The van der Waals surface area contributed by atoms with Crippen LogP contribution in [0.2, 0.25) is 0 Å². The fraction of sp³-hybridized carbons (Fsp3) is 0.769. The molecule has 0 bridgehead atoms. The first-order valence-electron chi connectivity index (χ1n) is 6.70. The lowest BCUT2D eigenvalue weighted by molar-refractivity contribution is 0.117. The molecule has 0 spiro atoms. The number of ether oxygens (including phenoxy) is 1. The number of nitrogens with one attached hydrogen (secondary N) is 2. The average molecular weight is 237 g/mol. The number of hydrogen-bond donors (Lipinski definition) is 2. The third-order valence-corrected chi connectivity index (χ3v) is 3.17. The van der Waals surface area contributed by atoms with Crippen LogP contribution in [-0.4, -0.2) is 37.8 Å². The normalized spacial score (nSPS) is 25.5. The van der Waals surface area contributed by atoms with Crippen molar-refractivity contribution >= 4 is 5.96 Å². The smallest absolute Gasteiger partial charge is 0.191 e. The highest BCUT2D eigenvalue weighted by Gasteiger charge is 2.16. The summed E-state index contributed by atoms with van der Waals surface area (Å²) in [7, 11) is 0. The highest BCUT2D eigenvalue weighted by molar-refractivity contribution is 5.80. The standard InChI is InChI=1S/C13H23N3O/c1-2-14-13(16-11-6-3-4-7-11)15-10-12-8-5-9-17-12/h3-4,11-12H,2,5-10H2,1H3,(H2,14,15,16). The van der Waals surface area contributed by atoms with Gasteiger partial charge in [-0.25, -0.2) is 0 Å². The summed E-state index contributed by atoms with van der Waals surface area (Å²) in [6, 6.07) is 0.511. The molecule has 0 aromatic rings. The van der Waals surface area contributed by atoms with Crippen LogP contribution in [0.1, 0.15) is 32.6 Å². The van der Waals surface area contributed by atoms with Gasteiger partial charge in [0.1, 0.15) is 0 Å². The molecule has 0 saturated carbocycles. The molecule has 4 nitrogen and oxygen atoms in total. The maximum atomic E-state index is 5.58. The zero-order valence-electron chi connectivity index (χ0n) is 10.6. The SMILES string of the molecule is CCNC(=NCC1CCCO1)NC1CC=CC1. The zero-order chi connectivity index (χ0) is 11.9. The maximum absolute atomic E-state index is 5.58. The van der Waals surface area contributed by atoms with Gasteiger partial charge >= 0.3 is 0 Å². The maximum Gasteiger partial charge on any atom is 0.191 e. The first-order chi connectivity index (χ1) is 8.38. The molecule has 2 aliphatic rings. The lowest BCUT2D eigenvalue weighted by Crippen LogP contribution is -2.42. The fourth-order valence-corrected chi connectivity index (χ4v) is 2.23. The molecule has 1 fully saturated rings. The van der Waals surface area contributed by atoms with E-state index in [2.05, 4.69) is 34.7 Å². The minimum atomic E-state index is 0.326. The van der Waals surface area contributed by atoms with Crippen LogP contribution in [-0.2, 0) is 4.74 Å². The van der Waals surface area contributed by atoms with Gasteiger partial charge < -0.3 is 15.4 Å². The Kier molecular flexibility index (Phi) is 4.86. The van der Waals surface area contributed by atoms with E-state index in [9.17, 15) is 0 Å². The van der Waals surface area contributed by atoms with E-state index >= 15 is 0 Å². The second kappa shape index (κ2) is 6.64. The van der Waals surface area contributed by atoms with Crippen molar-refractivity contribution in [2.45, 2.75) is 44.8 Å². The Morgan fingerprint density at radius 2 is 2.24 bits per heavy atom. The monoisotopic (exact) mass is 237 g/mol. The van der Waals surface area contributed by atoms with Gasteiger partial charge in [0.2, 0.25) is 0 Å². The van der Waals surface area contributed by atoms with Crippen molar-refractivity contribution in [1.82, 2.24) is 10.6 Å². The molecule has 4 heteroatoms. The van der Waals surface area contributed by atoms with Crippen molar-refractivity contribution in [2.75, 3.05) is 19.7 Å². The molecule has 2 N–H and O–H groups in total. The minimum Gasteiger partial charge on any atom is -0.376 e. The summed E-state index contributed by atoms with van der Waals surface area (Å²) in [6.07, 6.45) is 9.30. The number of aliphatic imine (C=N–C) groups is 1. The molecule has 0 amide bonds. The Labute approximate surface area is 104 Å². The quantitative estimate of drug-likeness (QED) is 0.442. The summed E-state index contributed by atoms with van der Waals surface area (Å²) in [6.45, 7) is 4.67. The predicted octanol–water partition coefficient (Wildman–Crippen LogP) is 1.44. The van der Waals surface area contributed by atoms with Gasteiger partial charge in [0.15, 0.2) is 5.96 Å². The highest BCUT2D eigenvalue weighted by Crippen LogP contribution is 2.12. The Bertz CT molecular complexity index is 274. The summed E-state index contributed by atoms with van der Waals surface area (Å²) < 4.78 is 5.58. The van der Waals surface area contributed by atoms with Crippen LogP contribution in [0.15, 0.2) is 17.1 Å². The zero-order valence-corrected chi connectivity index (χ0v) is 10.6. The molecule has 96 valence electrons. The van der Waals surface area contributed by atoms with E-state index in [0.717, 1.165) is 44.9 Å². The molecule has 2 rings (SSSR count). The van der Waals surface area contributed by atoms with Crippen molar-refractivity contribution in [3.63, 3.8) is 0 Å². The van der Waals surface area contributed by atoms with Gasteiger partial charge in [0.05, 0.1) is 12.6 Å². The van der Waals surface area contributed by atoms with Crippen LogP contribution in [0.5, 0.6) is 0 Å². The van der Waals surface area contributed by atoms with E-state index in [1.54, 1.807) is 0 Å². The van der Waals surface area contributed by atoms with Crippen LogP contribution in [0, 0.1) is 0 Å². The average Bonchev–Trinajstić information content (AvgIpc) is 2.99. The molecule has 0 aromatic carbocycles. The van der Waals surface area contributed by atoms with Crippen molar-refractivity contribution < 1.29 is 4.74 Å². The largest absolute Gasteiger partial charge is 0.376 e. The Morgan fingerprint density at radius 1 is 1.41 bits per heavy atom. The molecule has 1 aliphatic carbocycles. The second-order valence-corrected chi connectivity index (χ2v) is 4.64. The van der Waals surface area contributed by atoms with Crippen LogP contribution >= 0.6 is 0 Å². The molecular weight excluding hydrogens is 214 g/mol. The van der Waals surface area contributed by atoms with E-state index in [1.807, 2.05) is 0 Å². The van der Waals surface area contributed by atoms with Gasteiger partial charge in [-0.3, -0.25) is 4.99 Å². The summed E-state index contributed by atoms with van der Waals surface area (Å²) in [5, 5.41) is 6.75. The molecule has 1 saturated heterocycles. The Hall–Kier alpha value is -1.03. The molecular formula is C13H23N3O. The van der Waals surface area contributed by atoms with E-state index in [4.69, 9.17) is 4.74 Å². The molecule has 0 aromatic heterocycles. The van der Waals surface area contributed by atoms with Gasteiger partial charge in [-0.15, -0.1) is 0 Å². The van der Waals surface area contributed by atoms with Crippen LogP contribution in [0.4, 0.5) is 0 Å². The highest BCUT2D eigenvalue weighted by atomic mass is 16.5. The topological polar surface area (TPSA) is 45.7 Å². The molecule has 1 heterocycles. The summed E-state index contributed by atoms with van der Waals surface area (Å²) in [5.74, 6) is 0.928. The van der Waals surface area contributed by atoms with E-state index < -0.39 is 0 Å². The van der Waals surface area contributed by atoms with Crippen molar-refractivity contribution in [1.29, 1.82) is 0 Å². The molecule has 1 atom stereocenters. The molecule has 0 radical (unpaired) electrons.